The Labute approximate surface area is 250 Å². The van der Waals surface area contributed by atoms with Crippen molar-refractivity contribution in [1.29, 1.82) is 0 Å². The predicted molar refractivity (Wildman–Crippen MR) is 170 cm³/mol. The molecule has 8 nitrogen and oxygen atoms in total. The van der Waals surface area contributed by atoms with Gasteiger partial charge in [0.15, 0.2) is 0 Å². The number of aromatic nitrogens is 3. The molecule has 1 saturated heterocycles. The average molecular weight is 648 g/mol. The Morgan fingerprint density at radius 1 is 1.23 bits per heavy atom. The van der Waals surface area contributed by atoms with E-state index >= 15 is 0 Å². The molecule has 2 aliphatic heterocycles. The van der Waals surface area contributed by atoms with Crippen molar-refractivity contribution in [3.8, 4) is 11.3 Å². The number of imidazole rings is 1. The van der Waals surface area contributed by atoms with Crippen LogP contribution in [-0.2, 0) is 9.61 Å². The van der Waals surface area contributed by atoms with Gasteiger partial charge in [-0.25, -0.2) is 9.97 Å². The van der Waals surface area contributed by atoms with Crippen LogP contribution in [0.3, 0.4) is 0 Å². The van der Waals surface area contributed by atoms with Crippen LogP contribution in [0.2, 0.25) is 5.31 Å². The van der Waals surface area contributed by atoms with E-state index in [-0.39, 0.29) is 17.3 Å². The first-order valence-corrected chi connectivity index (χ1v) is 14.8. The summed E-state index contributed by atoms with van der Waals surface area (Å²) in [5, 5.41) is 6.49. The molecule has 4 aromatic rings. The van der Waals surface area contributed by atoms with E-state index in [4.69, 9.17) is 8.05 Å². The van der Waals surface area contributed by atoms with Crippen LogP contribution >= 0.6 is 23.0 Å². The van der Waals surface area contributed by atoms with E-state index in [1.807, 2.05) is 53.7 Å². The van der Waals surface area contributed by atoms with Crippen molar-refractivity contribution in [3.05, 3.63) is 71.7 Å². The number of nitrogens with one attached hydrogen (secondary N) is 2. The Morgan fingerprint density at radius 2 is 2.08 bits per heavy atom. The van der Waals surface area contributed by atoms with Crippen molar-refractivity contribution in [2.75, 3.05) is 23.3 Å². The minimum absolute atomic E-state index is 0.0677. The summed E-state index contributed by atoms with van der Waals surface area (Å²) in [4.78, 5) is 24.8. The van der Waals surface area contributed by atoms with Gasteiger partial charge in [-0.3, -0.25) is 9.20 Å². The van der Waals surface area contributed by atoms with E-state index in [9.17, 15) is 4.79 Å². The molecule has 3 atom stereocenters. The Kier molecular flexibility index (Phi) is 7.24. The normalized spacial score (nSPS) is 21.6. The molecular formula is C30H34BIN6O2. The molecular weight excluding hydrogens is 614 g/mol. The number of carbonyl (C=O) groups excluding carboxylic acids is 1. The number of benzene rings is 1. The molecule has 0 spiro atoms. The van der Waals surface area contributed by atoms with Gasteiger partial charge in [0.25, 0.3) is 5.91 Å². The molecule has 6 rings (SSSR count). The van der Waals surface area contributed by atoms with Crippen molar-refractivity contribution in [2.24, 2.45) is 5.92 Å². The Morgan fingerprint density at radius 3 is 2.85 bits per heavy atom. The highest BCUT2D eigenvalue weighted by molar-refractivity contribution is 14.1. The number of rotatable bonds is 6. The lowest BCUT2D eigenvalue weighted by molar-refractivity contribution is 0.0966. The SMILES string of the molecule is BC1(C(C)OI)CCC(C)CN(c2ccc(Nc3ccc(-c4cnc5cc(C)ccn45)c4c3C(=O)NC4)nc2)C1. The Bertz CT molecular complexity index is 1570. The number of nitrogens with zero attached hydrogens (tertiary/aromatic N) is 4. The quantitative estimate of drug-likeness (QED) is 0.213. The molecule has 0 bridgehead atoms. The first kappa shape index (κ1) is 27.1. The number of fused-ring (bicyclic) bond motifs is 2. The number of amides is 1. The molecule has 0 radical (unpaired) electrons. The second-order valence-corrected chi connectivity index (χ2v) is 12.2. The molecule has 5 heterocycles. The fourth-order valence-corrected chi connectivity index (χ4v) is 6.63. The van der Waals surface area contributed by atoms with Crippen LogP contribution in [0.25, 0.3) is 16.9 Å². The molecule has 10 heteroatoms. The van der Waals surface area contributed by atoms with E-state index in [0.717, 1.165) is 58.9 Å². The van der Waals surface area contributed by atoms with Gasteiger partial charge in [-0.15, -0.1) is 0 Å². The molecule has 3 unspecified atom stereocenters. The molecule has 1 aromatic carbocycles. The van der Waals surface area contributed by atoms with Crippen molar-refractivity contribution < 1.29 is 7.86 Å². The lowest BCUT2D eigenvalue weighted by Gasteiger charge is -2.37. The molecule has 40 heavy (non-hydrogen) atoms. The van der Waals surface area contributed by atoms with E-state index in [2.05, 4.69) is 77.8 Å². The minimum atomic E-state index is -0.0786. The van der Waals surface area contributed by atoms with E-state index in [1.165, 1.54) is 6.42 Å². The first-order valence-electron chi connectivity index (χ1n) is 13.9. The van der Waals surface area contributed by atoms with Gasteiger partial charge in [-0.2, -0.15) is 0 Å². The highest BCUT2D eigenvalue weighted by Crippen LogP contribution is 2.42. The second kappa shape index (κ2) is 10.7. The summed E-state index contributed by atoms with van der Waals surface area (Å²) in [6.45, 7) is 8.95. The minimum Gasteiger partial charge on any atom is -0.370 e. The molecule has 0 aliphatic carbocycles. The lowest BCUT2D eigenvalue weighted by Crippen LogP contribution is -2.39. The molecule has 1 amide bonds. The standard InChI is InChI=1S/C30H34BIN6O2/c1-18-9-11-38-25(15-34-27(38)12-18)22-5-6-24(28-23(22)14-35-29(28)39)36-26-7-4-21(13-33-26)37-16-19(2)8-10-30(31,17-37)20(3)40-32/h4-7,9,11-13,15,19-20H,8,10,14,16-17,31H2,1-3H3,(H,33,36)(H,35,39). The van der Waals surface area contributed by atoms with Gasteiger partial charge in [0.05, 0.1) is 41.1 Å². The van der Waals surface area contributed by atoms with Crippen molar-refractivity contribution in [1.82, 2.24) is 19.7 Å². The van der Waals surface area contributed by atoms with E-state index in [0.29, 0.717) is 23.8 Å². The van der Waals surface area contributed by atoms with Gasteiger partial charge in [0.2, 0.25) is 0 Å². The van der Waals surface area contributed by atoms with Gasteiger partial charge >= 0.3 is 0 Å². The Hall–Kier alpha value is -3.12. The number of carbonyl (C=O) groups is 1. The molecule has 2 N–H and O–H groups in total. The fourth-order valence-electron chi connectivity index (χ4n) is 6.02. The van der Waals surface area contributed by atoms with Gasteiger partial charge in [0, 0.05) is 31.4 Å². The summed E-state index contributed by atoms with van der Waals surface area (Å²) in [7, 11) is 2.33. The first-order chi connectivity index (χ1) is 19.3. The van der Waals surface area contributed by atoms with Crippen molar-refractivity contribution >= 4 is 59.6 Å². The van der Waals surface area contributed by atoms with Crippen LogP contribution in [0.5, 0.6) is 0 Å². The summed E-state index contributed by atoms with van der Waals surface area (Å²) in [5.41, 5.74) is 7.51. The predicted octanol–water partition coefficient (Wildman–Crippen LogP) is 5.47. The summed E-state index contributed by atoms with van der Waals surface area (Å²) < 4.78 is 7.81. The van der Waals surface area contributed by atoms with Crippen LogP contribution < -0.4 is 15.5 Å². The largest absolute Gasteiger partial charge is 0.370 e. The van der Waals surface area contributed by atoms with E-state index < -0.39 is 0 Å². The third kappa shape index (κ3) is 4.96. The molecule has 1 fully saturated rings. The molecule has 0 saturated carbocycles. The van der Waals surface area contributed by atoms with E-state index in [1.54, 1.807) is 0 Å². The zero-order valence-electron chi connectivity index (χ0n) is 23.4. The van der Waals surface area contributed by atoms with Crippen LogP contribution in [0.1, 0.15) is 48.2 Å². The summed E-state index contributed by atoms with van der Waals surface area (Å²) in [5.74, 6) is 1.22. The number of pyridine rings is 2. The second-order valence-electron chi connectivity index (χ2n) is 11.7. The maximum Gasteiger partial charge on any atom is 0.254 e. The van der Waals surface area contributed by atoms with Crippen molar-refractivity contribution in [2.45, 2.75) is 51.6 Å². The van der Waals surface area contributed by atoms with Crippen LogP contribution in [0.15, 0.2) is 55.0 Å². The zero-order valence-corrected chi connectivity index (χ0v) is 25.5. The van der Waals surface area contributed by atoms with Gasteiger partial charge in [0.1, 0.15) is 42.3 Å². The third-order valence-electron chi connectivity index (χ3n) is 8.69. The van der Waals surface area contributed by atoms with Crippen LogP contribution in [0, 0.1) is 12.8 Å². The Balaban J connectivity index is 1.27. The fraction of sp³-hybridized carbons (Fsp3) is 0.367. The van der Waals surface area contributed by atoms with Gasteiger partial charge in [-0.1, -0.05) is 19.4 Å². The topological polar surface area (TPSA) is 83.8 Å². The number of anilines is 3. The van der Waals surface area contributed by atoms with Gasteiger partial charge < -0.3 is 18.6 Å². The average Bonchev–Trinajstić information content (AvgIpc) is 3.51. The molecule has 3 aromatic heterocycles. The number of hydrogen-bond donors (Lipinski definition) is 2. The van der Waals surface area contributed by atoms with Crippen LogP contribution in [-0.4, -0.2) is 47.3 Å². The molecule has 206 valence electrons. The highest BCUT2D eigenvalue weighted by Gasteiger charge is 2.37. The van der Waals surface area contributed by atoms with Gasteiger partial charge in [-0.05, 0) is 73.0 Å². The van der Waals surface area contributed by atoms with Crippen molar-refractivity contribution in [3.63, 3.8) is 0 Å². The summed E-state index contributed by atoms with van der Waals surface area (Å²) in [6.07, 6.45) is 8.33. The lowest BCUT2D eigenvalue weighted by atomic mass is 9.62. The third-order valence-corrected chi connectivity index (χ3v) is 9.46. The monoisotopic (exact) mass is 648 g/mol. The maximum absolute atomic E-state index is 13.0. The summed E-state index contributed by atoms with van der Waals surface area (Å²) in [6, 6.07) is 12.3. The maximum atomic E-state index is 13.0. The molecule has 2 aliphatic rings. The number of aryl methyl sites for hydroxylation is 1. The van der Waals surface area contributed by atoms with Crippen LogP contribution in [0.4, 0.5) is 17.2 Å². The number of halogens is 1. The smallest absolute Gasteiger partial charge is 0.254 e. The number of hydrogen-bond acceptors (Lipinski definition) is 6. The summed E-state index contributed by atoms with van der Waals surface area (Å²) >= 11 is 2.03. The zero-order chi connectivity index (χ0) is 28.0. The highest BCUT2D eigenvalue weighted by atomic mass is 127.